The zero-order valence-electron chi connectivity index (χ0n) is 17.9. The van der Waals surface area contributed by atoms with Gasteiger partial charge in [0, 0.05) is 12.5 Å². The molecule has 4 aliphatic carbocycles. The molecule has 5 heteroatoms. The van der Waals surface area contributed by atoms with Crippen LogP contribution >= 0.6 is 0 Å². The Kier molecular flexibility index (Phi) is 5.02. The largest absolute Gasteiger partial charge is 0.393 e. The predicted molar refractivity (Wildman–Crippen MR) is 106 cm³/mol. The number of hydrogen-bond acceptors (Lipinski definition) is 5. The molecule has 0 unspecified atom stereocenters. The highest BCUT2D eigenvalue weighted by Gasteiger charge is 2.69. The smallest absolute Gasteiger partial charge is 0.193 e. The number of Topliss-reactive ketones (excluding diaryl/α,β-unsaturated/α-hetero) is 1. The van der Waals surface area contributed by atoms with E-state index >= 15 is 0 Å². The summed E-state index contributed by atoms with van der Waals surface area (Å²) in [6.07, 6.45) is 5.17. The van der Waals surface area contributed by atoms with E-state index in [1.54, 1.807) is 6.92 Å². The van der Waals surface area contributed by atoms with Crippen LogP contribution in [-0.4, -0.2) is 52.1 Å². The number of carbonyl (C=O) groups excluding carboxylic acids is 1. The second-order valence-corrected chi connectivity index (χ2v) is 10.8. The summed E-state index contributed by atoms with van der Waals surface area (Å²) in [5.74, 6) is 1.03. The highest BCUT2D eigenvalue weighted by Crippen LogP contribution is 2.68. The molecule has 4 rings (SSSR count). The van der Waals surface area contributed by atoms with Gasteiger partial charge in [0.05, 0.1) is 12.2 Å². The molecule has 28 heavy (non-hydrogen) atoms. The van der Waals surface area contributed by atoms with Gasteiger partial charge < -0.3 is 20.1 Å². The van der Waals surface area contributed by atoms with Crippen molar-refractivity contribution in [1.82, 2.24) is 0 Å². The average Bonchev–Trinajstić information content (AvgIpc) is 2.92. The Labute approximate surface area is 168 Å². The lowest BCUT2D eigenvalue weighted by Crippen LogP contribution is -2.63. The van der Waals surface area contributed by atoms with E-state index in [1.165, 1.54) is 7.11 Å². The first-order valence-corrected chi connectivity index (χ1v) is 11.2. The second kappa shape index (κ2) is 6.76. The number of fused-ring (bicyclic) bond motifs is 5. The maximum atomic E-state index is 13.1. The summed E-state index contributed by atoms with van der Waals surface area (Å²) in [5.41, 5.74) is -1.97. The van der Waals surface area contributed by atoms with Crippen LogP contribution < -0.4 is 0 Å². The van der Waals surface area contributed by atoms with Gasteiger partial charge in [0.25, 0.3) is 0 Å². The van der Waals surface area contributed by atoms with Crippen LogP contribution in [0.15, 0.2) is 0 Å². The molecule has 0 amide bonds. The molecule has 10 atom stereocenters. The predicted octanol–water partition coefficient (Wildman–Crippen LogP) is 2.70. The summed E-state index contributed by atoms with van der Waals surface area (Å²) < 4.78 is 5.25. The third-order valence-electron chi connectivity index (χ3n) is 9.85. The van der Waals surface area contributed by atoms with Crippen molar-refractivity contribution in [1.29, 1.82) is 0 Å². The fourth-order valence-electron chi connectivity index (χ4n) is 8.21. The second-order valence-electron chi connectivity index (χ2n) is 10.8. The summed E-state index contributed by atoms with van der Waals surface area (Å²) in [5, 5.41) is 33.1. The van der Waals surface area contributed by atoms with Crippen LogP contribution in [0.1, 0.15) is 72.1 Å². The van der Waals surface area contributed by atoms with E-state index < -0.39 is 23.2 Å². The van der Waals surface area contributed by atoms with E-state index in [0.717, 1.165) is 38.5 Å². The van der Waals surface area contributed by atoms with Crippen molar-refractivity contribution in [2.24, 2.45) is 34.5 Å². The summed E-state index contributed by atoms with van der Waals surface area (Å²) >= 11 is 0. The Bertz CT molecular complexity index is 636. The number of rotatable bonds is 3. The number of methoxy groups -OCH3 is 1. The van der Waals surface area contributed by atoms with Gasteiger partial charge in [-0.2, -0.15) is 0 Å². The van der Waals surface area contributed by atoms with Gasteiger partial charge in [-0.05, 0) is 87.4 Å². The number of aliphatic hydroxyl groups excluding tert-OH is 2. The summed E-state index contributed by atoms with van der Waals surface area (Å²) in [6, 6.07) is 0. The molecule has 0 aromatic carbocycles. The Morgan fingerprint density at radius 3 is 2.50 bits per heavy atom. The van der Waals surface area contributed by atoms with Crippen molar-refractivity contribution in [3.05, 3.63) is 0 Å². The molecule has 4 saturated carbocycles. The van der Waals surface area contributed by atoms with Gasteiger partial charge in [0.15, 0.2) is 5.78 Å². The van der Waals surface area contributed by atoms with Gasteiger partial charge in [-0.25, -0.2) is 0 Å². The third kappa shape index (κ3) is 2.62. The maximum absolute atomic E-state index is 13.1. The van der Waals surface area contributed by atoms with E-state index in [9.17, 15) is 20.1 Å². The van der Waals surface area contributed by atoms with Gasteiger partial charge in [-0.3, -0.25) is 4.79 Å². The first-order valence-electron chi connectivity index (χ1n) is 11.2. The van der Waals surface area contributed by atoms with Gasteiger partial charge >= 0.3 is 0 Å². The minimum absolute atomic E-state index is 0.0490. The number of ether oxygens (including phenoxy) is 1. The Morgan fingerprint density at radius 1 is 1.11 bits per heavy atom. The lowest BCUT2D eigenvalue weighted by atomic mass is 9.43. The minimum atomic E-state index is -1.42. The van der Waals surface area contributed by atoms with Crippen LogP contribution in [-0.2, 0) is 9.53 Å². The van der Waals surface area contributed by atoms with Gasteiger partial charge in [-0.15, -0.1) is 0 Å². The molecular weight excluding hydrogens is 356 g/mol. The molecule has 3 N–H and O–H groups in total. The van der Waals surface area contributed by atoms with Gasteiger partial charge in [-0.1, -0.05) is 13.8 Å². The molecule has 0 aliphatic heterocycles. The Hall–Kier alpha value is -0.490. The molecule has 5 nitrogen and oxygen atoms in total. The molecule has 0 aromatic heterocycles. The zero-order valence-corrected chi connectivity index (χ0v) is 17.9. The number of ketones is 1. The quantitative estimate of drug-likeness (QED) is 0.685. The van der Waals surface area contributed by atoms with Crippen LogP contribution in [0.4, 0.5) is 0 Å². The topological polar surface area (TPSA) is 87.0 Å². The van der Waals surface area contributed by atoms with E-state index in [1.807, 2.05) is 6.92 Å². The molecule has 0 bridgehead atoms. The maximum Gasteiger partial charge on any atom is 0.193 e. The van der Waals surface area contributed by atoms with E-state index in [2.05, 4.69) is 6.92 Å². The first-order chi connectivity index (χ1) is 13.1. The highest BCUT2D eigenvalue weighted by molar-refractivity contribution is 5.92. The normalized spacial score (nSPS) is 54.4. The van der Waals surface area contributed by atoms with Crippen LogP contribution in [0.5, 0.6) is 0 Å². The van der Waals surface area contributed by atoms with Crippen molar-refractivity contribution in [2.75, 3.05) is 7.11 Å². The molecule has 0 saturated heterocycles. The molecule has 4 fully saturated rings. The number of carbonyl (C=O) groups is 1. The lowest BCUT2D eigenvalue weighted by molar-refractivity contribution is -0.204. The molecular formula is C23H38O5. The third-order valence-corrected chi connectivity index (χ3v) is 9.85. The van der Waals surface area contributed by atoms with Crippen molar-refractivity contribution in [2.45, 2.75) is 96.1 Å². The first kappa shape index (κ1) is 20.8. The van der Waals surface area contributed by atoms with Gasteiger partial charge in [0.1, 0.15) is 11.7 Å². The summed E-state index contributed by atoms with van der Waals surface area (Å²) in [4.78, 5) is 13.1. The van der Waals surface area contributed by atoms with Crippen LogP contribution in [0.2, 0.25) is 0 Å². The summed E-state index contributed by atoms with van der Waals surface area (Å²) in [7, 11) is 1.51. The van der Waals surface area contributed by atoms with Crippen LogP contribution in [0.3, 0.4) is 0 Å². The molecule has 160 valence electrons. The van der Waals surface area contributed by atoms with E-state index in [0.29, 0.717) is 24.7 Å². The van der Waals surface area contributed by atoms with Crippen molar-refractivity contribution >= 4 is 5.78 Å². The average molecular weight is 395 g/mol. The van der Waals surface area contributed by atoms with Crippen molar-refractivity contribution in [3.8, 4) is 0 Å². The minimum Gasteiger partial charge on any atom is -0.393 e. The molecule has 0 spiro atoms. The molecule has 0 heterocycles. The fraction of sp³-hybridized carbons (Fsp3) is 0.957. The van der Waals surface area contributed by atoms with Crippen molar-refractivity contribution in [3.63, 3.8) is 0 Å². The Morgan fingerprint density at radius 2 is 1.82 bits per heavy atom. The lowest BCUT2D eigenvalue weighted by Gasteiger charge is -2.62. The Balaban J connectivity index is 1.67. The number of hydrogen-bond donors (Lipinski definition) is 3. The fourth-order valence-corrected chi connectivity index (χ4v) is 8.21. The highest BCUT2D eigenvalue weighted by atomic mass is 16.5. The number of aliphatic hydroxyl groups is 3. The molecule has 0 aromatic rings. The van der Waals surface area contributed by atoms with E-state index in [-0.39, 0.29) is 29.1 Å². The zero-order chi connectivity index (χ0) is 20.5. The molecule has 4 aliphatic rings. The van der Waals surface area contributed by atoms with Gasteiger partial charge in [0.2, 0.25) is 0 Å². The van der Waals surface area contributed by atoms with Crippen molar-refractivity contribution < 1.29 is 24.9 Å². The SMILES string of the molecule is CO[C@H](C)C(=O)[C@@]1(O)CC[C@H]2[C@@H]3CC[C@@H]4C[C@H](O)CC[C@]4(C)[C@H]3[C@@H](O)C[C@@]21C. The monoisotopic (exact) mass is 394 g/mol. The van der Waals surface area contributed by atoms with E-state index in [4.69, 9.17) is 4.74 Å². The summed E-state index contributed by atoms with van der Waals surface area (Å²) in [6.45, 7) is 6.06. The van der Waals surface area contributed by atoms with Crippen LogP contribution in [0.25, 0.3) is 0 Å². The van der Waals surface area contributed by atoms with Crippen LogP contribution in [0, 0.1) is 34.5 Å². The standard InChI is InChI=1S/C23H38O5/c1-13(28-4)20(26)23(27)10-8-17-16-6-5-14-11-15(24)7-9-21(14,2)19(16)18(25)12-22(17,23)3/h13-19,24-25,27H,5-12H2,1-4H3/t13-,14-,15-,16+,17+,18+,19-,21+,22+,23+/m1/s1. The molecule has 0 radical (unpaired) electrons.